The highest BCUT2D eigenvalue weighted by atomic mass is 35.5. The molecule has 0 bridgehead atoms. The monoisotopic (exact) mass is 320 g/mol. The zero-order chi connectivity index (χ0) is 15.5. The molecule has 0 aliphatic heterocycles. The Balaban J connectivity index is 2.53. The molecule has 0 aliphatic carbocycles. The van der Waals surface area contributed by atoms with Crippen LogP contribution in [0.4, 0.5) is 0 Å². The van der Waals surface area contributed by atoms with Crippen molar-refractivity contribution in [2.45, 2.75) is 0 Å². The first-order valence-electron chi connectivity index (χ1n) is 6.15. The minimum Gasteiger partial charge on any atom is -0.288 e. The Kier molecular flexibility index (Phi) is 4.60. The van der Waals surface area contributed by atoms with E-state index in [0.29, 0.717) is 16.1 Å². The van der Waals surface area contributed by atoms with Gasteiger partial charge in [0.2, 0.25) is 5.78 Å². The molecule has 0 heterocycles. The number of hydrogen-bond donors (Lipinski definition) is 0. The third-order valence-electron chi connectivity index (χ3n) is 2.81. The average Bonchev–Trinajstić information content (AvgIpc) is 2.44. The molecule has 5 heteroatoms. The van der Waals surface area contributed by atoms with Crippen molar-refractivity contribution >= 4 is 33.3 Å². The molecule has 0 aromatic heterocycles. The third kappa shape index (κ3) is 4.03. The van der Waals surface area contributed by atoms with E-state index >= 15 is 0 Å². The molecule has 0 saturated carbocycles. The molecule has 0 amide bonds. The lowest BCUT2D eigenvalue weighted by molar-refractivity contribution is 0.104. The molecule has 0 fully saturated rings. The number of halogens is 1. The molecule has 2 aromatic rings. The van der Waals surface area contributed by atoms with Crippen LogP contribution in [0.15, 0.2) is 59.5 Å². The fourth-order valence-electron chi connectivity index (χ4n) is 1.82. The highest BCUT2D eigenvalue weighted by molar-refractivity contribution is 7.95. The van der Waals surface area contributed by atoms with E-state index in [0.717, 1.165) is 6.26 Å². The van der Waals surface area contributed by atoms with Gasteiger partial charge in [0.05, 0.1) is 0 Å². The number of carbonyl (C=O) groups excluding carboxylic acids is 1. The number of allylic oxidation sites excluding steroid dienone is 1. The van der Waals surface area contributed by atoms with Crippen molar-refractivity contribution in [3.05, 3.63) is 75.7 Å². The summed E-state index contributed by atoms with van der Waals surface area (Å²) in [6.45, 7) is 0. The quantitative estimate of drug-likeness (QED) is 0.638. The van der Waals surface area contributed by atoms with Crippen LogP contribution in [0.3, 0.4) is 0 Å². The van der Waals surface area contributed by atoms with Crippen LogP contribution in [0.5, 0.6) is 0 Å². The van der Waals surface area contributed by atoms with Gasteiger partial charge in [-0.25, -0.2) is 8.42 Å². The van der Waals surface area contributed by atoms with Gasteiger partial charge in [0.25, 0.3) is 0 Å². The molecule has 0 aliphatic rings. The Hall–Kier alpha value is -1.91. The van der Waals surface area contributed by atoms with Crippen LogP contribution in [-0.4, -0.2) is 20.5 Å². The van der Waals surface area contributed by atoms with E-state index in [-0.39, 0.29) is 4.91 Å². The summed E-state index contributed by atoms with van der Waals surface area (Å²) in [4.78, 5) is 12.1. The predicted molar refractivity (Wildman–Crippen MR) is 85.0 cm³/mol. The molecule has 0 radical (unpaired) electrons. The smallest absolute Gasteiger partial charge is 0.204 e. The average molecular weight is 321 g/mol. The number of rotatable bonds is 4. The maximum atomic E-state index is 12.4. The van der Waals surface area contributed by atoms with Gasteiger partial charge in [0, 0.05) is 16.8 Å². The Morgan fingerprint density at radius 1 is 1.05 bits per heavy atom. The zero-order valence-corrected chi connectivity index (χ0v) is 12.9. The van der Waals surface area contributed by atoms with Crippen LogP contribution in [0.25, 0.3) is 6.08 Å². The van der Waals surface area contributed by atoms with Gasteiger partial charge in [-0.3, -0.25) is 4.79 Å². The van der Waals surface area contributed by atoms with Crippen molar-refractivity contribution < 1.29 is 13.2 Å². The van der Waals surface area contributed by atoms with E-state index < -0.39 is 15.6 Å². The van der Waals surface area contributed by atoms with Crippen LogP contribution in [0.1, 0.15) is 15.9 Å². The first kappa shape index (κ1) is 15.5. The van der Waals surface area contributed by atoms with Crippen molar-refractivity contribution in [3.8, 4) is 0 Å². The van der Waals surface area contributed by atoms with Crippen molar-refractivity contribution in [2.75, 3.05) is 6.26 Å². The summed E-state index contributed by atoms with van der Waals surface area (Å²) in [6.07, 6.45) is 2.36. The normalized spacial score (nSPS) is 12.2. The first-order chi connectivity index (χ1) is 9.88. The second kappa shape index (κ2) is 6.24. The van der Waals surface area contributed by atoms with Crippen LogP contribution >= 0.6 is 11.6 Å². The Morgan fingerprint density at radius 3 is 2.29 bits per heavy atom. The summed E-state index contributed by atoms with van der Waals surface area (Å²) in [7, 11) is -3.65. The fraction of sp³-hybridized carbons (Fsp3) is 0.0625. The van der Waals surface area contributed by atoms with Gasteiger partial charge in [0.15, 0.2) is 9.84 Å². The van der Waals surface area contributed by atoms with E-state index in [1.165, 1.54) is 6.08 Å². The maximum absolute atomic E-state index is 12.4. The molecule has 0 spiro atoms. The summed E-state index contributed by atoms with van der Waals surface area (Å²) in [6, 6.07) is 15.0. The lowest BCUT2D eigenvalue weighted by atomic mass is 10.1. The molecule has 21 heavy (non-hydrogen) atoms. The molecule has 2 rings (SSSR count). The number of benzene rings is 2. The van der Waals surface area contributed by atoms with Gasteiger partial charge in [0.1, 0.15) is 4.91 Å². The fourth-order valence-corrected chi connectivity index (χ4v) is 2.82. The van der Waals surface area contributed by atoms with Crippen molar-refractivity contribution in [1.82, 2.24) is 0 Å². The second-order valence-corrected chi connectivity index (χ2v) is 6.95. The molecular weight excluding hydrogens is 308 g/mol. The van der Waals surface area contributed by atoms with E-state index in [1.807, 2.05) is 0 Å². The van der Waals surface area contributed by atoms with Gasteiger partial charge < -0.3 is 0 Å². The molecule has 0 unspecified atom stereocenters. The molecule has 108 valence electrons. The molecule has 0 atom stereocenters. The molecule has 0 N–H and O–H groups in total. The molecular formula is C16H13ClO3S. The standard InChI is InChI=1S/C16H13ClO3S/c1-21(19,20)15(11-12-6-5-9-14(17)10-12)16(18)13-7-3-2-4-8-13/h2-11H,1H3/b15-11-. The van der Waals surface area contributed by atoms with Crippen LogP contribution in [-0.2, 0) is 9.84 Å². The molecule has 2 aromatic carbocycles. The van der Waals surface area contributed by atoms with Gasteiger partial charge >= 0.3 is 0 Å². The SMILES string of the molecule is CS(=O)(=O)/C(=C\c1cccc(Cl)c1)C(=O)c1ccccc1. The number of sulfone groups is 1. The first-order valence-corrected chi connectivity index (χ1v) is 8.42. The largest absolute Gasteiger partial charge is 0.288 e. The number of Topliss-reactive ketones (excluding diaryl/α,β-unsaturated/α-hetero) is 1. The van der Waals surface area contributed by atoms with Crippen LogP contribution in [0.2, 0.25) is 5.02 Å². The predicted octanol–water partition coefficient (Wildman–Crippen LogP) is 3.61. The van der Waals surface area contributed by atoms with Gasteiger partial charge in [-0.1, -0.05) is 54.1 Å². The van der Waals surface area contributed by atoms with E-state index in [2.05, 4.69) is 0 Å². The molecule has 0 saturated heterocycles. The van der Waals surface area contributed by atoms with Crippen LogP contribution in [0, 0.1) is 0 Å². The summed E-state index contributed by atoms with van der Waals surface area (Å²) in [5, 5.41) is 0.476. The lowest BCUT2D eigenvalue weighted by Crippen LogP contribution is -2.12. The van der Waals surface area contributed by atoms with Crippen LogP contribution < -0.4 is 0 Å². The van der Waals surface area contributed by atoms with Gasteiger partial charge in [-0.05, 0) is 23.8 Å². The summed E-state index contributed by atoms with van der Waals surface area (Å²) >= 11 is 5.88. The minimum absolute atomic E-state index is 0.254. The second-order valence-electron chi connectivity index (χ2n) is 4.53. The van der Waals surface area contributed by atoms with Crippen molar-refractivity contribution in [1.29, 1.82) is 0 Å². The zero-order valence-electron chi connectivity index (χ0n) is 11.3. The molecule has 3 nitrogen and oxygen atoms in total. The van der Waals surface area contributed by atoms with Crippen molar-refractivity contribution in [3.63, 3.8) is 0 Å². The summed E-state index contributed by atoms with van der Waals surface area (Å²) in [5.41, 5.74) is 0.892. The Labute approximate surface area is 128 Å². The van der Waals surface area contributed by atoms with E-state index in [4.69, 9.17) is 11.6 Å². The highest BCUT2D eigenvalue weighted by Crippen LogP contribution is 2.19. The number of ketones is 1. The number of carbonyl (C=O) groups is 1. The third-order valence-corrected chi connectivity index (χ3v) is 4.14. The summed E-state index contributed by atoms with van der Waals surface area (Å²) < 4.78 is 23.8. The highest BCUT2D eigenvalue weighted by Gasteiger charge is 2.21. The topological polar surface area (TPSA) is 51.2 Å². The summed E-state index contributed by atoms with van der Waals surface area (Å²) in [5.74, 6) is -0.530. The van der Waals surface area contributed by atoms with E-state index in [1.54, 1.807) is 54.6 Å². The number of hydrogen-bond acceptors (Lipinski definition) is 3. The Morgan fingerprint density at radius 2 is 1.71 bits per heavy atom. The van der Waals surface area contributed by atoms with Crippen molar-refractivity contribution in [2.24, 2.45) is 0 Å². The van der Waals surface area contributed by atoms with E-state index in [9.17, 15) is 13.2 Å². The maximum Gasteiger partial charge on any atom is 0.204 e. The van der Waals surface area contributed by atoms with Gasteiger partial charge in [-0.15, -0.1) is 0 Å². The Bertz CT molecular complexity index is 793. The lowest BCUT2D eigenvalue weighted by Gasteiger charge is -2.05. The minimum atomic E-state index is -3.65. The van der Waals surface area contributed by atoms with Gasteiger partial charge in [-0.2, -0.15) is 0 Å².